The van der Waals surface area contributed by atoms with Gasteiger partial charge >= 0.3 is 0 Å². The van der Waals surface area contributed by atoms with Crippen LogP contribution in [0.5, 0.6) is 0 Å². The summed E-state index contributed by atoms with van der Waals surface area (Å²) in [5.74, 6) is 0.908. The lowest BCUT2D eigenvalue weighted by Crippen LogP contribution is -2.56. The summed E-state index contributed by atoms with van der Waals surface area (Å²) in [6, 6.07) is 8.63. The van der Waals surface area contributed by atoms with Gasteiger partial charge in [-0.25, -0.2) is 4.98 Å². The minimum Gasteiger partial charge on any atom is -0.379 e. The van der Waals surface area contributed by atoms with E-state index in [2.05, 4.69) is 28.2 Å². The molecule has 0 atom stereocenters. The summed E-state index contributed by atoms with van der Waals surface area (Å²) in [7, 11) is 0. The quantitative estimate of drug-likeness (QED) is 0.897. The van der Waals surface area contributed by atoms with Crippen LogP contribution in [0.25, 0.3) is 11.0 Å². The fourth-order valence-corrected chi connectivity index (χ4v) is 2.74. The van der Waals surface area contributed by atoms with Crippen molar-refractivity contribution in [3.63, 3.8) is 0 Å². The molecule has 1 aliphatic rings. The highest BCUT2D eigenvalue weighted by atomic mass is 16.5. The molecule has 4 nitrogen and oxygen atoms in total. The van der Waals surface area contributed by atoms with Crippen molar-refractivity contribution in [2.75, 3.05) is 13.2 Å². The number of aryl methyl sites for hydroxylation is 1. The molecule has 0 saturated carbocycles. The zero-order chi connectivity index (χ0) is 13.7. The van der Waals surface area contributed by atoms with E-state index in [4.69, 9.17) is 4.74 Å². The molecule has 3 rings (SSSR count). The maximum Gasteiger partial charge on any atom is 0.104 e. The number of fused-ring (bicyclic) bond motifs is 1. The van der Waals surface area contributed by atoms with Crippen LogP contribution in [0.2, 0.25) is 0 Å². The molecule has 2 heterocycles. The molecule has 0 spiro atoms. The fraction of sp³-hybridized carbons (Fsp3) is 0.467. The van der Waals surface area contributed by atoms with Crippen LogP contribution in [0, 0.1) is 23.7 Å². The molecule has 1 aromatic carbocycles. The van der Waals surface area contributed by atoms with E-state index in [9.17, 15) is 5.26 Å². The number of benzene rings is 1. The Bertz CT molecular complexity index is 674. The third-order valence-corrected chi connectivity index (χ3v) is 4.33. The summed E-state index contributed by atoms with van der Waals surface area (Å²) in [4.78, 5) is 7.66. The largest absolute Gasteiger partial charge is 0.379 e. The predicted molar refractivity (Wildman–Crippen MR) is 72.7 cm³/mol. The van der Waals surface area contributed by atoms with E-state index in [0.29, 0.717) is 13.2 Å². The Labute approximate surface area is 112 Å². The second kappa shape index (κ2) is 3.82. The molecule has 1 aromatic heterocycles. The van der Waals surface area contributed by atoms with Crippen molar-refractivity contribution in [3.05, 3.63) is 29.6 Å². The van der Waals surface area contributed by atoms with Gasteiger partial charge < -0.3 is 9.72 Å². The van der Waals surface area contributed by atoms with Gasteiger partial charge in [-0.3, -0.25) is 0 Å². The van der Waals surface area contributed by atoms with Gasteiger partial charge in [0.1, 0.15) is 5.82 Å². The Hall–Kier alpha value is -1.86. The normalized spacial score (nSPS) is 18.0. The molecule has 0 bridgehead atoms. The maximum absolute atomic E-state index is 9.45. The molecule has 1 saturated heterocycles. The van der Waals surface area contributed by atoms with E-state index >= 15 is 0 Å². The van der Waals surface area contributed by atoms with Gasteiger partial charge in [-0.2, -0.15) is 5.26 Å². The van der Waals surface area contributed by atoms with Crippen molar-refractivity contribution >= 4 is 11.0 Å². The molecule has 98 valence electrons. The number of rotatable bonds is 2. The molecular weight excluding hydrogens is 238 g/mol. The summed E-state index contributed by atoms with van der Waals surface area (Å²) in [6.45, 7) is 7.12. The standard InChI is InChI=1S/C15H17N3O/c1-10-17-12-5-4-11(6-13(12)18-10)15(8-19-9-15)14(2,3)7-16/h4-6H,8-9H2,1-3H3,(H,17,18). The molecule has 0 radical (unpaired) electrons. The van der Waals surface area contributed by atoms with Gasteiger partial charge in [-0.05, 0) is 38.5 Å². The molecule has 1 fully saturated rings. The van der Waals surface area contributed by atoms with Gasteiger partial charge in [0.15, 0.2) is 0 Å². The van der Waals surface area contributed by atoms with Crippen LogP contribution in [-0.2, 0) is 10.2 Å². The van der Waals surface area contributed by atoms with E-state index in [1.54, 1.807) is 0 Å². The number of nitriles is 1. The van der Waals surface area contributed by atoms with Gasteiger partial charge in [0.05, 0.1) is 41.1 Å². The van der Waals surface area contributed by atoms with Gasteiger partial charge in [0, 0.05) is 0 Å². The number of H-pyrrole nitrogens is 1. The minimum atomic E-state index is -0.450. The Kier molecular flexibility index (Phi) is 2.45. The third kappa shape index (κ3) is 1.58. The molecule has 4 heteroatoms. The monoisotopic (exact) mass is 255 g/mol. The van der Waals surface area contributed by atoms with Gasteiger partial charge in [0.25, 0.3) is 0 Å². The van der Waals surface area contributed by atoms with Crippen LogP contribution in [0.15, 0.2) is 18.2 Å². The van der Waals surface area contributed by atoms with Crippen LogP contribution < -0.4 is 0 Å². The molecule has 1 N–H and O–H groups in total. The van der Waals surface area contributed by atoms with Crippen molar-refractivity contribution < 1.29 is 4.74 Å². The highest BCUT2D eigenvalue weighted by Gasteiger charge is 2.52. The van der Waals surface area contributed by atoms with Crippen LogP contribution in [0.4, 0.5) is 0 Å². The number of aromatic nitrogens is 2. The second-order valence-corrected chi connectivity index (χ2v) is 5.87. The first-order chi connectivity index (χ1) is 8.98. The Morgan fingerprint density at radius 1 is 1.42 bits per heavy atom. The summed E-state index contributed by atoms with van der Waals surface area (Å²) in [5.41, 5.74) is 2.48. The number of hydrogen-bond donors (Lipinski definition) is 1. The summed E-state index contributed by atoms with van der Waals surface area (Å²) < 4.78 is 5.42. The number of nitrogens with zero attached hydrogens (tertiary/aromatic N) is 2. The maximum atomic E-state index is 9.45. The number of aromatic amines is 1. The highest BCUT2D eigenvalue weighted by Crippen LogP contribution is 2.47. The lowest BCUT2D eigenvalue weighted by Gasteiger charge is -2.49. The average Bonchev–Trinajstić information content (AvgIpc) is 2.66. The average molecular weight is 255 g/mol. The first kappa shape index (κ1) is 12.2. The summed E-state index contributed by atoms with van der Waals surface area (Å²) >= 11 is 0. The van der Waals surface area contributed by atoms with E-state index in [1.807, 2.05) is 26.8 Å². The molecule has 0 aliphatic carbocycles. The Balaban J connectivity index is 2.14. The van der Waals surface area contributed by atoms with Crippen LogP contribution in [0.1, 0.15) is 25.2 Å². The van der Waals surface area contributed by atoms with Gasteiger partial charge in [0.2, 0.25) is 0 Å². The highest BCUT2D eigenvalue weighted by molar-refractivity contribution is 5.76. The Morgan fingerprint density at radius 3 is 2.74 bits per heavy atom. The summed E-state index contributed by atoms with van der Waals surface area (Å²) in [5, 5.41) is 9.45. The van der Waals surface area contributed by atoms with E-state index in [-0.39, 0.29) is 5.41 Å². The summed E-state index contributed by atoms with van der Waals surface area (Å²) in [6.07, 6.45) is 0. The first-order valence-corrected chi connectivity index (χ1v) is 6.44. The van der Waals surface area contributed by atoms with E-state index < -0.39 is 5.41 Å². The van der Waals surface area contributed by atoms with Crippen molar-refractivity contribution in [2.24, 2.45) is 5.41 Å². The van der Waals surface area contributed by atoms with Gasteiger partial charge in [-0.1, -0.05) is 6.07 Å². The molecule has 2 aromatic rings. The lowest BCUT2D eigenvalue weighted by molar-refractivity contribution is -0.102. The predicted octanol–water partition coefficient (Wildman–Crippen LogP) is 2.69. The fourth-order valence-electron chi connectivity index (χ4n) is 2.74. The van der Waals surface area contributed by atoms with Crippen molar-refractivity contribution in [1.29, 1.82) is 5.26 Å². The zero-order valence-corrected chi connectivity index (χ0v) is 11.4. The molecule has 19 heavy (non-hydrogen) atoms. The van der Waals surface area contributed by atoms with Crippen LogP contribution in [0.3, 0.4) is 0 Å². The zero-order valence-electron chi connectivity index (χ0n) is 11.4. The van der Waals surface area contributed by atoms with Crippen molar-refractivity contribution in [1.82, 2.24) is 9.97 Å². The molecule has 0 amide bonds. The first-order valence-electron chi connectivity index (χ1n) is 6.44. The molecule has 1 aliphatic heterocycles. The third-order valence-electron chi connectivity index (χ3n) is 4.33. The van der Waals surface area contributed by atoms with E-state index in [1.165, 1.54) is 0 Å². The number of hydrogen-bond acceptors (Lipinski definition) is 3. The minimum absolute atomic E-state index is 0.213. The Morgan fingerprint density at radius 2 is 2.16 bits per heavy atom. The SMILES string of the molecule is Cc1nc2ccc(C3(C(C)(C)C#N)COC3)cc2[nH]1. The van der Waals surface area contributed by atoms with Crippen LogP contribution >= 0.6 is 0 Å². The smallest absolute Gasteiger partial charge is 0.104 e. The van der Waals surface area contributed by atoms with Crippen molar-refractivity contribution in [2.45, 2.75) is 26.2 Å². The van der Waals surface area contributed by atoms with Gasteiger partial charge in [-0.15, -0.1) is 0 Å². The van der Waals surface area contributed by atoms with E-state index in [0.717, 1.165) is 22.4 Å². The number of ether oxygens (including phenoxy) is 1. The van der Waals surface area contributed by atoms with Crippen molar-refractivity contribution in [3.8, 4) is 6.07 Å². The number of nitrogens with one attached hydrogen (secondary N) is 1. The lowest BCUT2D eigenvalue weighted by atomic mass is 9.61. The van der Waals surface area contributed by atoms with Crippen LogP contribution in [-0.4, -0.2) is 23.2 Å². The topological polar surface area (TPSA) is 61.7 Å². The second-order valence-electron chi connectivity index (χ2n) is 5.87. The number of imidazole rings is 1. The molecule has 0 unspecified atom stereocenters. The molecular formula is C15H17N3O.